The van der Waals surface area contributed by atoms with Crippen LogP contribution in [-0.2, 0) is 4.79 Å². The normalized spacial score (nSPS) is 26.1. The van der Waals surface area contributed by atoms with Crippen molar-refractivity contribution >= 4 is 28.5 Å². The molecule has 2 aromatic rings. The maximum absolute atomic E-state index is 11.5. The lowest BCUT2D eigenvalue weighted by Crippen LogP contribution is -2.28. The third kappa shape index (κ3) is 2.67. The van der Waals surface area contributed by atoms with Gasteiger partial charge in [-0.05, 0) is 37.3 Å². The fourth-order valence-corrected chi connectivity index (χ4v) is 3.69. The van der Waals surface area contributed by atoms with E-state index in [0.29, 0.717) is 16.5 Å². The molecule has 3 unspecified atom stereocenters. The van der Waals surface area contributed by atoms with Crippen molar-refractivity contribution < 1.29 is 14.3 Å². The molecule has 3 atom stereocenters. The lowest BCUT2D eigenvalue weighted by Gasteiger charge is -2.32. The van der Waals surface area contributed by atoms with Crippen LogP contribution in [0.2, 0.25) is 5.02 Å². The minimum Gasteiger partial charge on any atom is -0.481 e. The van der Waals surface area contributed by atoms with Crippen LogP contribution in [0.3, 0.4) is 0 Å². The Morgan fingerprint density at radius 2 is 2.24 bits per heavy atom. The summed E-state index contributed by atoms with van der Waals surface area (Å²) in [5.74, 6) is 0.218. The molecule has 0 aliphatic heterocycles. The molecule has 3 nitrogen and oxygen atoms in total. The van der Waals surface area contributed by atoms with Crippen molar-refractivity contribution in [2.24, 2.45) is 11.8 Å². The number of carbonyl (C=O) groups is 1. The third-order valence-electron chi connectivity index (χ3n) is 4.73. The highest BCUT2D eigenvalue weighted by Crippen LogP contribution is 2.44. The Hall–Kier alpha value is -1.48. The fourth-order valence-electron chi connectivity index (χ4n) is 3.47. The molecule has 1 aromatic carbocycles. The summed E-state index contributed by atoms with van der Waals surface area (Å²) in [5, 5.41) is 11.0. The number of furan rings is 1. The van der Waals surface area contributed by atoms with E-state index in [1.807, 2.05) is 18.2 Å². The quantitative estimate of drug-likeness (QED) is 0.860. The lowest BCUT2D eigenvalue weighted by molar-refractivity contribution is -0.144. The van der Waals surface area contributed by atoms with Crippen LogP contribution >= 0.6 is 11.6 Å². The summed E-state index contributed by atoms with van der Waals surface area (Å²) < 4.78 is 5.92. The molecule has 0 radical (unpaired) electrons. The van der Waals surface area contributed by atoms with Crippen molar-refractivity contribution in [3.05, 3.63) is 35.0 Å². The first-order valence-corrected chi connectivity index (χ1v) is 7.88. The zero-order valence-electron chi connectivity index (χ0n) is 12.0. The summed E-state index contributed by atoms with van der Waals surface area (Å²) in [6, 6.07) is 7.58. The number of carboxylic acid groups (broad SMARTS) is 1. The molecular formula is C17H19ClO3. The van der Waals surface area contributed by atoms with E-state index >= 15 is 0 Å². The molecule has 0 bridgehead atoms. The van der Waals surface area contributed by atoms with E-state index in [4.69, 9.17) is 16.0 Å². The van der Waals surface area contributed by atoms with Crippen molar-refractivity contribution in [2.45, 2.75) is 38.5 Å². The predicted molar refractivity (Wildman–Crippen MR) is 82.7 cm³/mol. The second-order valence-corrected chi connectivity index (χ2v) is 6.35. The van der Waals surface area contributed by atoms with Crippen LogP contribution in [0, 0.1) is 11.8 Å². The number of carboxylic acids is 1. The smallest absolute Gasteiger partial charge is 0.307 e. The lowest BCUT2D eigenvalue weighted by atomic mass is 9.72. The van der Waals surface area contributed by atoms with Crippen LogP contribution in [0.15, 0.2) is 28.7 Å². The molecule has 1 heterocycles. The van der Waals surface area contributed by atoms with Crippen LogP contribution in [0.5, 0.6) is 0 Å². The number of benzene rings is 1. The molecule has 0 saturated heterocycles. The van der Waals surface area contributed by atoms with E-state index in [2.05, 4.69) is 6.92 Å². The van der Waals surface area contributed by atoms with Gasteiger partial charge in [-0.2, -0.15) is 0 Å². The van der Waals surface area contributed by atoms with Gasteiger partial charge in [0.15, 0.2) is 5.58 Å². The number of hydrogen-bond donors (Lipinski definition) is 1. The number of hydrogen-bond acceptors (Lipinski definition) is 2. The molecule has 0 amide bonds. The van der Waals surface area contributed by atoms with Crippen molar-refractivity contribution in [3.8, 4) is 0 Å². The molecule has 1 aliphatic carbocycles. The van der Waals surface area contributed by atoms with Gasteiger partial charge in [0, 0.05) is 11.3 Å². The van der Waals surface area contributed by atoms with E-state index in [1.165, 1.54) is 0 Å². The van der Waals surface area contributed by atoms with Gasteiger partial charge in [0.25, 0.3) is 0 Å². The first-order valence-electron chi connectivity index (χ1n) is 7.51. The number of para-hydroxylation sites is 1. The first-order chi connectivity index (χ1) is 10.1. The Morgan fingerprint density at radius 1 is 1.43 bits per heavy atom. The van der Waals surface area contributed by atoms with Gasteiger partial charge in [-0.15, -0.1) is 0 Å². The van der Waals surface area contributed by atoms with E-state index in [-0.39, 0.29) is 11.8 Å². The molecule has 1 fully saturated rings. The minimum absolute atomic E-state index is 0.0512. The van der Waals surface area contributed by atoms with Crippen molar-refractivity contribution in [1.29, 1.82) is 0 Å². The van der Waals surface area contributed by atoms with Gasteiger partial charge in [-0.25, -0.2) is 0 Å². The van der Waals surface area contributed by atoms with E-state index < -0.39 is 5.97 Å². The SMILES string of the molecule is CCC1CCC(C(=O)O)C(c2cc3cccc(Cl)c3o2)C1. The van der Waals surface area contributed by atoms with Crippen LogP contribution in [0.1, 0.15) is 44.3 Å². The number of fused-ring (bicyclic) bond motifs is 1. The van der Waals surface area contributed by atoms with E-state index in [1.54, 1.807) is 6.07 Å². The van der Waals surface area contributed by atoms with Gasteiger partial charge in [0.2, 0.25) is 0 Å². The van der Waals surface area contributed by atoms with Crippen LogP contribution < -0.4 is 0 Å². The van der Waals surface area contributed by atoms with Gasteiger partial charge >= 0.3 is 5.97 Å². The van der Waals surface area contributed by atoms with Crippen LogP contribution in [0.25, 0.3) is 11.0 Å². The largest absolute Gasteiger partial charge is 0.481 e. The summed E-state index contributed by atoms with van der Waals surface area (Å²) in [7, 11) is 0. The van der Waals surface area contributed by atoms with E-state index in [0.717, 1.165) is 36.8 Å². The molecule has 4 heteroatoms. The van der Waals surface area contributed by atoms with Gasteiger partial charge in [-0.3, -0.25) is 4.79 Å². The molecule has 1 saturated carbocycles. The highest BCUT2D eigenvalue weighted by atomic mass is 35.5. The van der Waals surface area contributed by atoms with Gasteiger partial charge in [-0.1, -0.05) is 37.1 Å². The van der Waals surface area contributed by atoms with Gasteiger partial charge in [0.05, 0.1) is 10.9 Å². The Balaban J connectivity index is 2.00. The summed E-state index contributed by atoms with van der Waals surface area (Å²) in [6.07, 6.45) is 3.68. The number of aliphatic carboxylic acids is 1. The summed E-state index contributed by atoms with van der Waals surface area (Å²) in [5.41, 5.74) is 0.664. The predicted octanol–water partition coefficient (Wildman–Crippen LogP) is 5.08. The van der Waals surface area contributed by atoms with Crippen LogP contribution in [0.4, 0.5) is 0 Å². The summed E-state index contributed by atoms with van der Waals surface area (Å²) >= 11 is 6.15. The maximum atomic E-state index is 11.5. The molecule has 1 aliphatic rings. The standard InChI is InChI=1S/C17H19ClO3/c1-2-10-6-7-12(17(19)20)13(8-10)15-9-11-4-3-5-14(18)16(11)21-15/h3-5,9-10,12-13H,2,6-8H2,1H3,(H,19,20). The molecule has 1 N–H and O–H groups in total. The van der Waals surface area contributed by atoms with Crippen LogP contribution in [-0.4, -0.2) is 11.1 Å². The fraction of sp³-hybridized carbons (Fsp3) is 0.471. The number of rotatable bonds is 3. The zero-order chi connectivity index (χ0) is 15.0. The molecular weight excluding hydrogens is 288 g/mol. The average molecular weight is 307 g/mol. The monoisotopic (exact) mass is 306 g/mol. The highest BCUT2D eigenvalue weighted by Gasteiger charge is 2.37. The zero-order valence-corrected chi connectivity index (χ0v) is 12.8. The maximum Gasteiger partial charge on any atom is 0.307 e. The summed E-state index contributed by atoms with van der Waals surface area (Å²) in [4.78, 5) is 11.5. The van der Waals surface area contributed by atoms with Crippen molar-refractivity contribution in [1.82, 2.24) is 0 Å². The Morgan fingerprint density at radius 3 is 2.90 bits per heavy atom. The van der Waals surface area contributed by atoms with Crippen molar-refractivity contribution in [2.75, 3.05) is 0 Å². The molecule has 112 valence electrons. The third-order valence-corrected chi connectivity index (χ3v) is 5.03. The first kappa shape index (κ1) is 14.5. The number of halogens is 1. The van der Waals surface area contributed by atoms with Crippen molar-refractivity contribution in [3.63, 3.8) is 0 Å². The highest BCUT2D eigenvalue weighted by molar-refractivity contribution is 6.34. The molecule has 0 spiro atoms. The minimum atomic E-state index is -0.721. The van der Waals surface area contributed by atoms with Gasteiger partial charge < -0.3 is 9.52 Å². The summed E-state index contributed by atoms with van der Waals surface area (Å²) in [6.45, 7) is 2.17. The molecule has 3 rings (SSSR count). The second-order valence-electron chi connectivity index (χ2n) is 5.95. The second kappa shape index (κ2) is 5.72. The average Bonchev–Trinajstić information content (AvgIpc) is 2.92. The Labute approximate surface area is 128 Å². The molecule has 1 aromatic heterocycles. The molecule has 21 heavy (non-hydrogen) atoms. The Kier molecular flexibility index (Phi) is 3.94. The topological polar surface area (TPSA) is 50.4 Å². The van der Waals surface area contributed by atoms with E-state index in [9.17, 15) is 9.90 Å². The van der Waals surface area contributed by atoms with Gasteiger partial charge in [0.1, 0.15) is 5.76 Å². The Bertz CT molecular complexity index is 661.